The smallest absolute Gasteiger partial charge is 0.379 e. The van der Waals surface area contributed by atoms with E-state index in [0.717, 1.165) is 25.7 Å². The van der Waals surface area contributed by atoms with Gasteiger partial charge in [-0.15, -0.1) is 0 Å². The zero-order chi connectivity index (χ0) is 34.9. The summed E-state index contributed by atoms with van der Waals surface area (Å²) < 4.78 is 24.5. The van der Waals surface area contributed by atoms with Crippen molar-refractivity contribution in [2.75, 3.05) is 27.4 Å². The molecule has 0 N–H and O–H groups in total. The van der Waals surface area contributed by atoms with Crippen LogP contribution in [0.2, 0.25) is 0 Å². The molecule has 0 spiro atoms. The van der Waals surface area contributed by atoms with Gasteiger partial charge in [0.25, 0.3) is 0 Å². The van der Waals surface area contributed by atoms with Gasteiger partial charge in [-0.2, -0.15) is 0 Å². The second kappa shape index (κ2) is 32.3. The molecule has 0 saturated carbocycles. The highest BCUT2D eigenvalue weighted by Gasteiger charge is 2.38. The Morgan fingerprint density at radius 3 is 0.830 bits per heavy atom. The van der Waals surface area contributed by atoms with E-state index < -0.39 is 19.5 Å². The van der Waals surface area contributed by atoms with E-state index in [-0.39, 0.29) is 23.6 Å². The van der Waals surface area contributed by atoms with Gasteiger partial charge < -0.3 is 13.5 Å². The molecule has 0 aliphatic heterocycles. The Morgan fingerprint density at radius 2 is 0.617 bits per heavy atom. The number of quaternary nitrogens is 1. The van der Waals surface area contributed by atoms with Crippen molar-refractivity contribution in [1.82, 2.24) is 0 Å². The van der Waals surface area contributed by atoms with Gasteiger partial charge in [0.15, 0.2) is 0 Å². The van der Waals surface area contributed by atoms with Gasteiger partial charge in [0.05, 0.1) is 21.1 Å². The van der Waals surface area contributed by atoms with Crippen molar-refractivity contribution in [3.05, 3.63) is 0 Å². The van der Waals surface area contributed by atoms with Crippen LogP contribution in [0.4, 0.5) is 0 Å². The molecule has 0 heterocycles. The highest BCUT2D eigenvalue weighted by molar-refractivity contribution is 7.54. The first-order valence-corrected chi connectivity index (χ1v) is 22.2. The van der Waals surface area contributed by atoms with Gasteiger partial charge in [0.2, 0.25) is 6.29 Å². The van der Waals surface area contributed by atoms with Crippen LogP contribution >= 0.6 is 7.60 Å². The number of rotatable bonds is 36. The van der Waals surface area contributed by atoms with E-state index in [1.165, 1.54) is 154 Å². The van der Waals surface area contributed by atoms with Gasteiger partial charge in [0.1, 0.15) is 0 Å². The summed E-state index contributed by atoms with van der Waals surface area (Å²) in [6.45, 7) is 4.54. The van der Waals surface area contributed by atoms with E-state index in [2.05, 4.69) is 13.8 Å². The van der Waals surface area contributed by atoms with Crippen LogP contribution in [0, 0.1) is 0 Å². The molecular formula is C40H81NO5P+. The summed E-state index contributed by atoms with van der Waals surface area (Å²) in [4.78, 5) is 25.1. The molecule has 7 heteroatoms. The minimum Gasteiger partial charge on any atom is -0.379 e. The number of hydrogen-bond donors (Lipinski definition) is 0. The standard InChI is InChI=1S/C40H81NO5P/c1-6-8-10-12-14-16-18-20-22-24-26-28-30-32-34-36-39(42)45-47(44,38-41(3,4)5)46-40(43)37-35-33-31-29-27-25-23-21-19-17-15-13-11-9-7-2/h6-38H2,1-5H3/q+1. The quantitative estimate of drug-likeness (QED) is 0.0373. The second-order valence-corrected chi connectivity index (χ2v) is 17.2. The van der Waals surface area contributed by atoms with Crippen LogP contribution in [-0.4, -0.2) is 43.9 Å². The maximum Gasteiger partial charge on any atom is 0.489 e. The van der Waals surface area contributed by atoms with E-state index in [9.17, 15) is 14.2 Å². The molecule has 0 atom stereocenters. The molecule has 0 rings (SSSR count). The summed E-state index contributed by atoms with van der Waals surface area (Å²) in [5.41, 5.74) is 0. The van der Waals surface area contributed by atoms with Crippen LogP contribution in [0.25, 0.3) is 0 Å². The molecule has 0 aliphatic rings. The first kappa shape index (κ1) is 46.1. The molecule has 0 fully saturated rings. The fraction of sp³-hybridized carbons (Fsp3) is 0.950. The molecule has 6 nitrogen and oxygen atoms in total. The Bertz CT molecular complexity index is 714. The fourth-order valence-electron chi connectivity index (χ4n) is 6.28. The number of carbonyl (C=O) groups excluding carboxylic acids is 2. The van der Waals surface area contributed by atoms with Crippen LogP contribution in [0.3, 0.4) is 0 Å². The summed E-state index contributed by atoms with van der Waals surface area (Å²) >= 11 is 0. The van der Waals surface area contributed by atoms with Crippen molar-refractivity contribution in [2.24, 2.45) is 0 Å². The Labute approximate surface area is 293 Å². The third-order valence-electron chi connectivity index (χ3n) is 9.05. The molecule has 0 saturated heterocycles. The van der Waals surface area contributed by atoms with Gasteiger partial charge >= 0.3 is 19.5 Å². The SMILES string of the molecule is CCCCCCCCCCCCCCCCCC(=O)OP(=O)(C[N+](C)(C)C)OC(=O)CCCCCCCCCCCCCCCCC. The lowest BCUT2D eigenvalue weighted by molar-refractivity contribution is -0.859. The lowest BCUT2D eigenvalue weighted by Gasteiger charge is -2.27. The predicted octanol–water partition coefficient (Wildman–Crippen LogP) is 13.5. The fourth-order valence-corrected chi connectivity index (χ4v) is 8.27. The molecule has 0 aromatic heterocycles. The van der Waals surface area contributed by atoms with Gasteiger partial charge in [-0.1, -0.05) is 194 Å². The average molecular weight is 687 g/mol. The molecule has 0 aromatic rings. The number of carbonyl (C=O) groups is 2. The third-order valence-corrected chi connectivity index (χ3v) is 11.2. The van der Waals surface area contributed by atoms with E-state index >= 15 is 0 Å². The molecule has 0 aromatic carbocycles. The van der Waals surface area contributed by atoms with Crippen LogP contribution in [0.1, 0.15) is 219 Å². The summed E-state index contributed by atoms with van der Waals surface area (Å²) in [7, 11) is 1.72. The first-order chi connectivity index (χ1) is 22.6. The van der Waals surface area contributed by atoms with Crippen molar-refractivity contribution in [3.8, 4) is 0 Å². The van der Waals surface area contributed by atoms with Crippen molar-refractivity contribution in [3.63, 3.8) is 0 Å². The van der Waals surface area contributed by atoms with E-state index in [0.29, 0.717) is 12.8 Å². The summed E-state index contributed by atoms with van der Waals surface area (Å²) in [5.74, 6) is -1.03. The van der Waals surface area contributed by atoms with E-state index in [1.54, 1.807) is 0 Å². The number of nitrogens with zero attached hydrogens (tertiary/aromatic N) is 1. The zero-order valence-electron chi connectivity index (χ0n) is 32.3. The van der Waals surface area contributed by atoms with Gasteiger partial charge in [0, 0.05) is 12.8 Å². The van der Waals surface area contributed by atoms with E-state index in [1.807, 2.05) is 21.1 Å². The Kier molecular flexibility index (Phi) is 31.7. The van der Waals surface area contributed by atoms with Crippen molar-refractivity contribution < 1.29 is 27.7 Å². The lowest BCUT2D eigenvalue weighted by Crippen LogP contribution is -2.36. The number of unbranched alkanes of at least 4 members (excludes halogenated alkanes) is 28. The molecule has 0 bridgehead atoms. The van der Waals surface area contributed by atoms with Crippen LogP contribution in [0.5, 0.6) is 0 Å². The molecule has 0 unspecified atom stereocenters. The highest BCUT2D eigenvalue weighted by atomic mass is 31.2. The molecular weight excluding hydrogens is 605 g/mol. The summed E-state index contributed by atoms with van der Waals surface area (Å²) in [5, 5.41) is 0. The maximum atomic E-state index is 13.5. The molecule has 0 radical (unpaired) electrons. The molecule has 0 aliphatic carbocycles. The summed E-state index contributed by atoms with van der Waals surface area (Å²) in [6, 6.07) is 0. The van der Waals surface area contributed by atoms with Crippen LogP contribution in [-0.2, 0) is 23.2 Å². The summed E-state index contributed by atoms with van der Waals surface area (Å²) in [6.07, 6.45) is 38.2. The highest BCUT2D eigenvalue weighted by Crippen LogP contribution is 2.50. The minimum absolute atomic E-state index is 0.0117. The lowest BCUT2D eigenvalue weighted by atomic mass is 10.0. The Morgan fingerprint density at radius 1 is 0.404 bits per heavy atom. The van der Waals surface area contributed by atoms with Crippen molar-refractivity contribution >= 4 is 19.5 Å². The minimum atomic E-state index is -3.86. The zero-order valence-corrected chi connectivity index (χ0v) is 33.2. The normalized spacial score (nSPS) is 12.0. The topological polar surface area (TPSA) is 69.7 Å². The third kappa shape index (κ3) is 34.8. The predicted molar refractivity (Wildman–Crippen MR) is 202 cm³/mol. The largest absolute Gasteiger partial charge is 0.489 e. The maximum absolute atomic E-state index is 13.5. The molecule has 0 amide bonds. The number of hydrogen-bond acceptors (Lipinski definition) is 5. The Hall–Kier alpha value is -0.870. The van der Waals surface area contributed by atoms with Crippen molar-refractivity contribution in [2.45, 2.75) is 219 Å². The first-order valence-electron chi connectivity index (χ1n) is 20.5. The van der Waals surface area contributed by atoms with Crippen molar-refractivity contribution in [1.29, 1.82) is 0 Å². The molecule has 280 valence electrons. The average Bonchev–Trinajstić information content (AvgIpc) is 2.99. The monoisotopic (exact) mass is 687 g/mol. The van der Waals surface area contributed by atoms with E-state index in [4.69, 9.17) is 9.05 Å². The van der Waals surface area contributed by atoms with Crippen LogP contribution < -0.4 is 0 Å². The van der Waals surface area contributed by atoms with Gasteiger partial charge in [-0.05, 0) is 12.8 Å². The van der Waals surface area contributed by atoms with Crippen LogP contribution in [0.15, 0.2) is 0 Å². The van der Waals surface area contributed by atoms with Gasteiger partial charge in [-0.3, -0.25) is 9.59 Å². The second-order valence-electron chi connectivity index (χ2n) is 15.4. The molecule has 47 heavy (non-hydrogen) atoms. The Balaban J connectivity index is 3.97. The van der Waals surface area contributed by atoms with Gasteiger partial charge in [-0.25, -0.2) is 4.57 Å².